The molecule has 0 aliphatic rings. The van der Waals surface area contributed by atoms with E-state index in [-0.39, 0.29) is 18.3 Å². The highest BCUT2D eigenvalue weighted by molar-refractivity contribution is 7.13. The van der Waals surface area contributed by atoms with E-state index >= 15 is 0 Å². The van der Waals surface area contributed by atoms with E-state index in [9.17, 15) is 4.79 Å². The maximum atomic E-state index is 12.3. The second kappa shape index (κ2) is 8.19. The predicted octanol–water partition coefficient (Wildman–Crippen LogP) is 5.31. The summed E-state index contributed by atoms with van der Waals surface area (Å²) in [6.45, 7) is 1.72. The van der Waals surface area contributed by atoms with Gasteiger partial charge in [0.2, 0.25) is 0 Å². The molecule has 2 heterocycles. The first-order valence-electron chi connectivity index (χ1n) is 8.90. The van der Waals surface area contributed by atoms with Crippen molar-refractivity contribution >= 4 is 17.3 Å². The third kappa shape index (κ3) is 4.18. The molecular weight excluding hydrogens is 372 g/mol. The number of thiophene rings is 1. The van der Waals surface area contributed by atoms with E-state index in [2.05, 4.69) is 22.3 Å². The van der Waals surface area contributed by atoms with Crippen LogP contribution in [-0.4, -0.2) is 16.2 Å². The van der Waals surface area contributed by atoms with Crippen molar-refractivity contribution in [3.8, 4) is 21.9 Å². The zero-order valence-corrected chi connectivity index (χ0v) is 16.1. The Morgan fingerprint density at radius 1 is 1.00 bits per heavy atom. The summed E-state index contributed by atoms with van der Waals surface area (Å²) in [6.07, 6.45) is -0.414. The van der Waals surface area contributed by atoms with Crippen LogP contribution in [0.5, 0.6) is 0 Å². The minimum absolute atomic E-state index is 0.186. The zero-order valence-electron chi connectivity index (χ0n) is 15.2. The third-order valence-corrected chi connectivity index (χ3v) is 5.10. The fraction of sp³-hybridized carbons (Fsp3) is 0.136. The lowest BCUT2D eigenvalue weighted by molar-refractivity contribution is -0.148. The summed E-state index contributed by atoms with van der Waals surface area (Å²) in [7, 11) is 0. The van der Waals surface area contributed by atoms with Crippen LogP contribution < -0.4 is 0 Å². The second-order valence-electron chi connectivity index (χ2n) is 6.29. The summed E-state index contributed by atoms with van der Waals surface area (Å²) in [5.41, 5.74) is 3.14. The molecule has 140 valence electrons. The van der Waals surface area contributed by atoms with Crippen LogP contribution in [0.4, 0.5) is 0 Å². The number of esters is 1. The maximum Gasteiger partial charge on any atom is 0.311 e. The maximum absolute atomic E-state index is 12.3. The topological polar surface area (TPSA) is 65.2 Å². The second-order valence-corrected chi connectivity index (χ2v) is 7.24. The van der Waals surface area contributed by atoms with Gasteiger partial charge in [-0.1, -0.05) is 60.7 Å². The Bertz CT molecular complexity index is 1040. The summed E-state index contributed by atoms with van der Waals surface area (Å²) in [5.74, 6) is 0.386. The molecule has 4 rings (SSSR count). The lowest BCUT2D eigenvalue weighted by Crippen LogP contribution is -2.11. The number of hydrogen-bond acceptors (Lipinski definition) is 6. The Labute approximate surface area is 166 Å². The first-order valence-corrected chi connectivity index (χ1v) is 9.78. The molecule has 0 bridgehead atoms. The summed E-state index contributed by atoms with van der Waals surface area (Å²) in [5, 5.41) is 9.94. The number of benzene rings is 2. The molecule has 0 spiro atoms. The monoisotopic (exact) mass is 390 g/mol. The number of carbonyl (C=O) groups excluding carboxylic acids is 1. The average Bonchev–Trinajstić information content (AvgIpc) is 3.41. The molecule has 6 heteroatoms. The molecule has 0 saturated heterocycles. The highest BCUT2D eigenvalue weighted by atomic mass is 32.1. The fourth-order valence-electron chi connectivity index (χ4n) is 2.80. The summed E-state index contributed by atoms with van der Waals surface area (Å²) < 4.78 is 11.1. The van der Waals surface area contributed by atoms with Crippen molar-refractivity contribution in [2.75, 3.05) is 0 Å². The van der Waals surface area contributed by atoms with Crippen molar-refractivity contribution < 1.29 is 13.9 Å². The molecule has 0 aliphatic carbocycles. The molecule has 0 amide bonds. The van der Waals surface area contributed by atoms with E-state index in [0.717, 1.165) is 21.6 Å². The van der Waals surface area contributed by atoms with Crippen LogP contribution in [0.3, 0.4) is 0 Å². The number of ether oxygens (including phenoxy) is 1. The first kappa shape index (κ1) is 18.1. The van der Waals surface area contributed by atoms with Crippen LogP contribution in [0.25, 0.3) is 21.9 Å². The fourth-order valence-corrected chi connectivity index (χ4v) is 3.44. The van der Waals surface area contributed by atoms with Crippen molar-refractivity contribution in [3.05, 3.63) is 83.6 Å². The van der Waals surface area contributed by atoms with Crippen LogP contribution in [0.2, 0.25) is 0 Å². The quantitative estimate of drug-likeness (QED) is 0.417. The van der Waals surface area contributed by atoms with Crippen LogP contribution in [0, 0.1) is 0 Å². The Morgan fingerprint density at radius 2 is 1.75 bits per heavy atom. The van der Waals surface area contributed by atoms with Gasteiger partial charge in [-0.3, -0.25) is 4.79 Å². The van der Waals surface area contributed by atoms with Crippen molar-refractivity contribution in [2.24, 2.45) is 0 Å². The minimum atomic E-state index is -0.600. The highest BCUT2D eigenvalue weighted by Crippen LogP contribution is 2.26. The molecule has 5 nitrogen and oxygen atoms in total. The van der Waals surface area contributed by atoms with E-state index in [0.29, 0.717) is 5.89 Å². The molecule has 0 saturated carbocycles. The lowest BCUT2D eigenvalue weighted by Gasteiger charge is -2.10. The van der Waals surface area contributed by atoms with Gasteiger partial charge in [0.25, 0.3) is 11.8 Å². The summed E-state index contributed by atoms with van der Waals surface area (Å²) in [4.78, 5) is 13.2. The zero-order chi connectivity index (χ0) is 19.3. The van der Waals surface area contributed by atoms with Gasteiger partial charge in [0.1, 0.15) is 0 Å². The molecular formula is C22H18N2O3S. The summed E-state index contributed by atoms with van der Waals surface area (Å²) in [6, 6.07) is 21.8. The van der Waals surface area contributed by atoms with Gasteiger partial charge < -0.3 is 9.15 Å². The van der Waals surface area contributed by atoms with Gasteiger partial charge in [0.15, 0.2) is 6.10 Å². The number of nitrogens with zero attached hydrogens (tertiary/aromatic N) is 2. The normalized spacial score (nSPS) is 11.9. The Morgan fingerprint density at radius 3 is 2.46 bits per heavy atom. The molecule has 0 aliphatic heterocycles. The van der Waals surface area contributed by atoms with Gasteiger partial charge in [0, 0.05) is 0 Å². The van der Waals surface area contributed by atoms with E-state index in [1.54, 1.807) is 6.92 Å². The Balaban J connectivity index is 1.36. The first-order chi connectivity index (χ1) is 13.7. The van der Waals surface area contributed by atoms with Crippen LogP contribution in [0.15, 0.2) is 76.5 Å². The molecule has 1 unspecified atom stereocenters. The largest absolute Gasteiger partial charge is 0.452 e. The predicted molar refractivity (Wildman–Crippen MR) is 108 cm³/mol. The van der Waals surface area contributed by atoms with Gasteiger partial charge in [-0.2, -0.15) is 0 Å². The van der Waals surface area contributed by atoms with Gasteiger partial charge in [-0.15, -0.1) is 21.5 Å². The van der Waals surface area contributed by atoms with Crippen molar-refractivity contribution in [3.63, 3.8) is 0 Å². The molecule has 2 aromatic carbocycles. The Kier molecular flexibility index (Phi) is 5.30. The number of rotatable bonds is 6. The lowest BCUT2D eigenvalue weighted by atomic mass is 10.0. The van der Waals surface area contributed by atoms with E-state index in [1.165, 1.54) is 11.3 Å². The summed E-state index contributed by atoms with van der Waals surface area (Å²) >= 11 is 1.51. The van der Waals surface area contributed by atoms with E-state index < -0.39 is 6.10 Å². The van der Waals surface area contributed by atoms with Gasteiger partial charge in [-0.25, -0.2) is 0 Å². The molecule has 4 aromatic rings. The van der Waals surface area contributed by atoms with Crippen LogP contribution >= 0.6 is 11.3 Å². The van der Waals surface area contributed by atoms with Crippen LogP contribution in [-0.2, 0) is 16.0 Å². The Hall–Kier alpha value is -3.25. The molecule has 0 radical (unpaired) electrons. The number of carbonyl (C=O) groups is 1. The van der Waals surface area contributed by atoms with Crippen molar-refractivity contribution in [1.29, 1.82) is 0 Å². The smallest absolute Gasteiger partial charge is 0.311 e. The number of hydrogen-bond donors (Lipinski definition) is 0. The molecule has 2 aromatic heterocycles. The van der Waals surface area contributed by atoms with Crippen LogP contribution in [0.1, 0.15) is 24.5 Å². The van der Waals surface area contributed by atoms with E-state index in [1.807, 2.05) is 60.0 Å². The SMILES string of the molecule is CC(OC(=O)Cc1ccc(-c2ccccc2)cc1)c1nnc(-c2cccs2)o1. The number of aromatic nitrogens is 2. The van der Waals surface area contributed by atoms with E-state index in [4.69, 9.17) is 9.15 Å². The average molecular weight is 390 g/mol. The van der Waals surface area contributed by atoms with Crippen molar-refractivity contribution in [1.82, 2.24) is 10.2 Å². The molecule has 1 atom stereocenters. The molecule has 28 heavy (non-hydrogen) atoms. The van der Waals surface area contributed by atoms with Gasteiger partial charge in [0.05, 0.1) is 11.3 Å². The standard InChI is InChI=1S/C22H18N2O3S/c1-15(21-23-24-22(27-21)19-8-5-13-28-19)26-20(25)14-16-9-11-18(12-10-16)17-6-3-2-4-7-17/h2-13,15H,14H2,1H3. The van der Waals surface area contributed by atoms with Gasteiger partial charge >= 0.3 is 5.97 Å². The molecule has 0 N–H and O–H groups in total. The highest BCUT2D eigenvalue weighted by Gasteiger charge is 2.19. The minimum Gasteiger partial charge on any atom is -0.452 e. The molecule has 0 fully saturated rings. The van der Waals surface area contributed by atoms with Crippen molar-refractivity contribution in [2.45, 2.75) is 19.4 Å². The van der Waals surface area contributed by atoms with Gasteiger partial charge in [-0.05, 0) is 35.1 Å². The third-order valence-electron chi connectivity index (χ3n) is 4.24.